The molecule has 0 atom stereocenters. The summed E-state index contributed by atoms with van der Waals surface area (Å²) in [6, 6.07) is 8.98. The van der Waals surface area contributed by atoms with Crippen molar-refractivity contribution in [3.63, 3.8) is 0 Å². The van der Waals surface area contributed by atoms with Gasteiger partial charge in [0.2, 0.25) is 0 Å². The second-order valence-corrected chi connectivity index (χ2v) is 5.76. The van der Waals surface area contributed by atoms with E-state index in [2.05, 4.69) is 10.1 Å². The number of nitrogens with zero attached hydrogens (tertiary/aromatic N) is 3. The fraction of sp³-hybridized carbons (Fsp3) is 0.235. The van der Waals surface area contributed by atoms with Crippen LogP contribution in [0.3, 0.4) is 0 Å². The van der Waals surface area contributed by atoms with E-state index in [1.165, 1.54) is 6.07 Å². The van der Waals surface area contributed by atoms with Crippen LogP contribution in [0.5, 0.6) is 0 Å². The first-order valence-corrected chi connectivity index (χ1v) is 7.44. The van der Waals surface area contributed by atoms with Crippen molar-refractivity contribution in [3.05, 3.63) is 53.9 Å². The van der Waals surface area contributed by atoms with Crippen molar-refractivity contribution < 1.29 is 13.6 Å². The molecule has 0 amide bonds. The Kier molecular flexibility index (Phi) is 3.18. The lowest BCUT2D eigenvalue weighted by molar-refractivity contribution is -0.119. The maximum Gasteiger partial charge on any atom is 0.159 e. The van der Waals surface area contributed by atoms with Gasteiger partial charge in [0.1, 0.15) is 5.78 Å². The highest BCUT2D eigenvalue weighted by atomic mass is 19.2. The number of carbonyl (C=O) groups is 1. The molecule has 2 heterocycles. The Bertz CT molecular complexity index is 915. The summed E-state index contributed by atoms with van der Waals surface area (Å²) in [5.74, 6) is -1.03. The highest BCUT2D eigenvalue weighted by molar-refractivity contribution is 5.84. The molecule has 6 heteroatoms. The third kappa shape index (κ3) is 2.60. The number of ketones is 1. The van der Waals surface area contributed by atoms with Crippen molar-refractivity contribution in [2.75, 3.05) is 0 Å². The van der Waals surface area contributed by atoms with Crippen molar-refractivity contribution in [2.24, 2.45) is 5.92 Å². The quantitative estimate of drug-likeness (QED) is 0.743. The fourth-order valence-electron chi connectivity index (χ4n) is 2.60. The van der Waals surface area contributed by atoms with E-state index in [1.807, 2.05) is 0 Å². The molecule has 0 saturated heterocycles. The number of aromatic nitrogens is 3. The summed E-state index contributed by atoms with van der Waals surface area (Å²) in [5.41, 5.74) is 1.67. The van der Waals surface area contributed by atoms with Crippen LogP contribution in [0.4, 0.5) is 8.78 Å². The number of halogens is 2. The smallest absolute Gasteiger partial charge is 0.159 e. The molecule has 0 bridgehead atoms. The second kappa shape index (κ2) is 5.22. The van der Waals surface area contributed by atoms with Crippen LogP contribution >= 0.6 is 0 Å². The van der Waals surface area contributed by atoms with Gasteiger partial charge >= 0.3 is 0 Å². The number of Topliss-reactive ketones (excluding diaryl/α,β-unsaturated/α-hetero) is 1. The Morgan fingerprint density at radius 3 is 2.74 bits per heavy atom. The van der Waals surface area contributed by atoms with E-state index in [0.29, 0.717) is 22.7 Å². The van der Waals surface area contributed by atoms with Crippen LogP contribution in [0.15, 0.2) is 36.4 Å². The monoisotopic (exact) mass is 313 g/mol. The van der Waals surface area contributed by atoms with Crippen molar-refractivity contribution in [3.8, 4) is 11.3 Å². The minimum absolute atomic E-state index is 0.160. The number of carbonyl (C=O) groups excluding carboxylic acids is 1. The van der Waals surface area contributed by atoms with Crippen LogP contribution in [0, 0.1) is 17.6 Å². The number of rotatable bonds is 4. The summed E-state index contributed by atoms with van der Waals surface area (Å²) in [6.45, 7) is 0. The van der Waals surface area contributed by atoms with Gasteiger partial charge in [-0.05, 0) is 43.2 Å². The molecule has 0 radical (unpaired) electrons. The molecule has 4 nitrogen and oxygen atoms in total. The van der Waals surface area contributed by atoms with Crippen LogP contribution < -0.4 is 0 Å². The van der Waals surface area contributed by atoms with Gasteiger partial charge in [0.05, 0.1) is 12.1 Å². The van der Waals surface area contributed by atoms with E-state index in [0.717, 1.165) is 25.0 Å². The van der Waals surface area contributed by atoms with Crippen molar-refractivity contribution >= 4 is 11.4 Å². The van der Waals surface area contributed by atoms with Gasteiger partial charge in [0.25, 0.3) is 0 Å². The van der Waals surface area contributed by atoms with Crippen molar-refractivity contribution in [1.29, 1.82) is 0 Å². The Hall–Kier alpha value is -2.63. The van der Waals surface area contributed by atoms with Crippen LogP contribution in [0.25, 0.3) is 16.9 Å². The lowest BCUT2D eigenvalue weighted by Gasteiger charge is -2.04. The molecule has 116 valence electrons. The third-order valence-electron chi connectivity index (χ3n) is 3.98. The van der Waals surface area contributed by atoms with Gasteiger partial charge in [-0.1, -0.05) is 6.07 Å². The average molecular weight is 313 g/mol. The highest BCUT2D eigenvalue weighted by Crippen LogP contribution is 2.30. The molecule has 1 saturated carbocycles. The molecule has 23 heavy (non-hydrogen) atoms. The topological polar surface area (TPSA) is 47.3 Å². The third-order valence-corrected chi connectivity index (χ3v) is 3.98. The summed E-state index contributed by atoms with van der Waals surface area (Å²) < 4.78 is 28.1. The minimum atomic E-state index is -0.913. The summed E-state index contributed by atoms with van der Waals surface area (Å²) >= 11 is 0. The first kappa shape index (κ1) is 14.0. The molecular formula is C17H13F2N3O. The minimum Gasteiger partial charge on any atom is -0.299 e. The number of fused-ring (bicyclic) bond motifs is 1. The maximum atomic E-state index is 13.5. The zero-order valence-electron chi connectivity index (χ0n) is 12.2. The molecule has 3 aromatic rings. The van der Waals surface area contributed by atoms with Gasteiger partial charge in [-0.25, -0.2) is 18.3 Å². The van der Waals surface area contributed by atoms with Crippen LogP contribution in [0.1, 0.15) is 18.7 Å². The summed E-state index contributed by atoms with van der Waals surface area (Å²) in [5, 5.41) is 4.36. The van der Waals surface area contributed by atoms with E-state index in [1.54, 1.807) is 22.7 Å². The lowest BCUT2D eigenvalue weighted by atomic mass is 10.1. The molecule has 0 unspecified atom stereocenters. The molecular weight excluding hydrogens is 300 g/mol. The molecule has 1 aliphatic rings. The first-order valence-electron chi connectivity index (χ1n) is 7.44. The van der Waals surface area contributed by atoms with Gasteiger partial charge in [-0.3, -0.25) is 4.79 Å². The largest absolute Gasteiger partial charge is 0.299 e. The Balaban J connectivity index is 1.75. The molecule has 1 fully saturated rings. The Morgan fingerprint density at radius 2 is 2.00 bits per heavy atom. The highest BCUT2D eigenvalue weighted by Gasteiger charge is 2.30. The van der Waals surface area contributed by atoms with Gasteiger partial charge < -0.3 is 0 Å². The van der Waals surface area contributed by atoms with E-state index in [9.17, 15) is 13.6 Å². The molecule has 4 rings (SSSR count). The molecule has 2 aromatic heterocycles. The van der Waals surface area contributed by atoms with E-state index < -0.39 is 11.6 Å². The summed E-state index contributed by atoms with van der Waals surface area (Å²) in [7, 11) is 0. The normalized spacial score (nSPS) is 14.3. The zero-order chi connectivity index (χ0) is 16.0. The van der Waals surface area contributed by atoms with Crippen LogP contribution in [-0.4, -0.2) is 20.4 Å². The van der Waals surface area contributed by atoms with E-state index in [4.69, 9.17) is 0 Å². The molecule has 1 aliphatic carbocycles. The van der Waals surface area contributed by atoms with Gasteiger partial charge in [-0.2, -0.15) is 5.10 Å². The van der Waals surface area contributed by atoms with Crippen LogP contribution in [-0.2, 0) is 11.2 Å². The number of pyridine rings is 1. The fourth-order valence-corrected chi connectivity index (χ4v) is 2.60. The average Bonchev–Trinajstić information content (AvgIpc) is 3.30. The van der Waals surface area contributed by atoms with Crippen LogP contribution in [0.2, 0.25) is 0 Å². The van der Waals surface area contributed by atoms with E-state index >= 15 is 0 Å². The standard InChI is InChI=1S/C17H13F2N3O/c18-12-7-6-11(8-13(12)19)14-2-1-3-17-20-16(21-22(14)17)9-15(23)10-4-5-10/h1-3,6-8,10H,4-5,9H2. The number of benzene rings is 1. The van der Waals surface area contributed by atoms with E-state index in [-0.39, 0.29) is 18.1 Å². The molecule has 0 spiro atoms. The predicted octanol–water partition coefficient (Wildman–Crippen LogP) is 3.20. The summed E-state index contributed by atoms with van der Waals surface area (Å²) in [4.78, 5) is 16.3. The number of hydrogen-bond acceptors (Lipinski definition) is 3. The number of hydrogen-bond donors (Lipinski definition) is 0. The summed E-state index contributed by atoms with van der Waals surface area (Å²) in [6.07, 6.45) is 2.11. The first-order chi connectivity index (χ1) is 11.1. The van der Waals surface area contributed by atoms with Gasteiger partial charge in [0, 0.05) is 11.5 Å². The maximum absolute atomic E-state index is 13.5. The molecule has 1 aromatic carbocycles. The lowest BCUT2D eigenvalue weighted by Crippen LogP contribution is -2.06. The zero-order valence-corrected chi connectivity index (χ0v) is 12.2. The van der Waals surface area contributed by atoms with Gasteiger partial charge in [-0.15, -0.1) is 0 Å². The van der Waals surface area contributed by atoms with Gasteiger partial charge in [0.15, 0.2) is 23.1 Å². The molecule has 0 aliphatic heterocycles. The Morgan fingerprint density at radius 1 is 1.17 bits per heavy atom. The van der Waals surface area contributed by atoms with Crippen molar-refractivity contribution in [1.82, 2.24) is 14.6 Å². The SMILES string of the molecule is O=C(Cc1nc2cccc(-c3ccc(F)c(F)c3)n2n1)C1CC1. The predicted molar refractivity (Wildman–Crippen MR) is 79.8 cm³/mol. The molecule has 0 N–H and O–H groups in total. The second-order valence-electron chi connectivity index (χ2n) is 5.76. The Labute approximate surface area is 130 Å². The van der Waals surface area contributed by atoms with Crippen molar-refractivity contribution in [2.45, 2.75) is 19.3 Å².